The Morgan fingerprint density at radius 3 is 2.22 bits per heavy atom. The predicted octanol–water partition coefficient (Wildman–Crippen LogP) is 2.58. The maximum atomic E-state index is 13.0. The van der Waals surface area contributed by atoms with Crippen LogP contribution in [0.5, 0.6) is 0 Å². The van der Waals surface area contributed by atoms with Crippen LogP contribution < -0.4 is 5.32 Å². The number of hydrogen-bond acceptors (Lipinski definition) is 5. The maximum Gasteiger partial charge on any atom is 0.251 e. The van der Waals surface area contributed by atoms with Gasteiger partial charge in [0.25, 0.3) is 5.91 Å². The number of carbonyl (C=O) groups excluding carboxylic acids is 1. The van der Waals surface area contributed by atoms with E-state index in [-0.39, 0.29) is 16.8 Å². The van der Waals surface area contributed by atoms with Crippen molar-refractivity contribution in [2.45, 2.75) is 30.7 Å². The van der Waals surface area contributed by atoms with Gasteiger partial charge in [-0.3, -0.25) is 9.69 Å². The Morgan fingerprint density at radius 1 is 0.969 bits per heavy atom. The maximum absolute atomic E-state index is 13.0. The Morgan fingerprint density at radius 2 is 1.59 bits per heavy atom. The molecule has 1 atom stereocenters. The monoisotopic (exact) mass is 457 g/mol. The van der Waals surface area contributed by atoms with Crippen molar-refractivity contribution in [1.29, 1.82) is 0 Å². The van der Waals surface area contributed by atoms with Gasteiger partial charge in [-0.15, -0.1) is 0 Å². The van der Waals surface area contributed by atoms with Gasteiger partial charge in [0.05, 0.1) is 24.2 Å². The number of hydrogen-bond donors (Lipinski definition) is 1. The summed E-state index contributed by atoms with van der Waals surface area (Å²) < 4.78 is 32.4. The third kappa shape index (κ3) is 5.38. The largest absolute Gasteiger partial charge is 0.379 e. The lowest BCUT2D eigenvalue weighted by Gasteiger charge is -2.31. The first-order valence-electron chi connectivity index (χ1n) is 11.2. The minimum Gasteiger partial charge on any atom is -0.379 e. The van der Waals surface area contributed by atoms with Crippen LogP contribution in [0.3, 0.4) is 0 Å². The van der Waals surface area contributed by atoms with Crippen molar-refractivity contribution in [2.75, 3.05) is 45.9 Å². The van der Waals surface area contributed by atoms with Crippen molar-refractivity contribution in [1.82, 2.24) is 14.5 Å². The second kappa shape index (κ2) is 10.1. The van der Waals surface area contributed by atoms with Gasteiger partial charge in [-0.25, -0.2) is 8.42 Å². The molecule has 8 heteroatoms. The third-order valence-electron chi connectivity index (χ3n) is 6.15. The number of aryl methyl sites for hydroxylation is 1. The molecule has 0 radical (unpaired) electrons. The van der Waals surface area contributed by atoms with Crippen LogP contribution in [0.4, 0.5) is 0 Å². The van der Waals surface area contributed by atoms with Crippen molar-refractivity contribution in [2.24, 2.45) is 0 Å². The summed E-state index contributed by atoms with van der Waals surface area (Å²) in [5.41, 5.74) is 2.66. The van der Waals surface area contributed by atoms with Crippen LogP contribution in [-0.4, -0.2) is 69.5 Å². The fourth-order valence-corrected chi connectivity index (χ4v) is 5.69. The average Bonchev–Trinajstić information content (AvgIpc) is 3.36. The molecule has 2 saturated heterocycles. The topological polar surface area (TPSA) is 79.0 Å². The Kier molecular flexibility index (Phi) is 7.25. The van der Waals surface area contributed by atoms with Crippen LogP contribution in [-0.2, 0) is 14.8 Å². The van der Waals surface area contributed by atoms with Crippen LogP contribution in [0.2, 0.25) is 0 Å². The molecule has 1 amide bonds. The van der Waals surface area contributed by atoms with Gasteiger partial charge in [0, 0.05) is 38.3 Å². The molecule has 0 saturated carbocycles. The van der Waals surface area contributed by atoms with E-state index in [0.29, 0.717) is 38.4 Å². The summed E-state index contributed by atoms with van der Waals surface area (Å²) in [4.78, 5) is 15.6. The zero-order chi connectivity index (χ0) is 22.6. The van der Waals surface area contributed by atoms with Gasteiger partial charge >= 0.3 is 0 Å². The molecule has 0 unspecified atom stereocenters. The van der Waals surface area contributed by atoms with Crippen molar-refractivity contribution in [3.63, 3.8) is 0 Å². The minimum absolute atomic E-state index is 0.172. The first-order valence-corrected chi connectivity index (χ1v) is 12.7. The van der Waals surface area contributed by atoms with Crippen molar-refractivity contribution >= 4 is 15.9 Å². The van der Waals surface area contributed by atoms with Crippen molar-refractivity contribution in [3.8, 4) is 0 Å². The smallest absolute Gasteiger partial charge is 0.251 e. The van der Waals surface area contributed by atoms with Crippen LogP contribution in [0, 0.1) is 6.92 Å². The number of nitrogens with one attached hydrogen (secondary N) is 1. The normalized spacial score (nSPS) is 19.0. The lowest BCUT2D eigenvalue weighted by molar-refractivity contribution is 0.0332. The Bertz CT molecular complexity index is 1010. The molecule has 32 heavy (non-hydrogen) atoms. The molecule has 1 N–H and O–H groups in total. The minimum atomic E-state index is -3.49. The number of nitrogens with zero attached hydrogens (tertiary/aromatic N) is 2. The van der Waals surface area contributed by atoms with Crippen molar-refractivity contribution < 1.29 is 17.9 Å². The van der Waals surface area contributed by atoms with Gasteiger partial charge in [-0.05, 0) is 49.6 Å². The van der Waals surface area contributed by atoms with Gasteiger partial charge in [-0.2, -0.15) is 4.31 Å². The number of benzene rings is 2. The fraction of sp³-hybridized carbons (Fsp3) is 0.458. The molecule has 2 fully saturated rings. The van der Waals surface area contributed by atoms with Gasteiger partial charge < -0.3 is 10.1 Å². The molecular weight excluding hydrogens is 426 g/mol. The molecule has 7 nitrogen and oxygen atoms in total. The summed E-state index contributed by atoms with van der Waals surface area (Å²) in [5, 5.41) is 3.15. The third-order valence-corrected chi connectivity index (χ3v) is 8.06. The summed E-state index contributed by atoms with van der Waals surface area (Å²) in [5.74, 6) is -0.214. The molecule has 0 bridgehead atoms. The number of rotatable bonds is 7. The zero-order valence-electron chi connectivity index (χ0n) is 18.5. The SMILES string of the molecule is Cc1ccc([C@@H](CN2CCOCC2)NC(=O)c2ccc(S(=O)(=O)N3CCCC3)cc2)cc1. The average molecular weight is 458 g/mol. The number of amides is 1. The lowest BCUT2D eigenvalue weighted by atomic mass is 10.0. The molecule has 2 heterocycles. The molecule has 172 valence electrons. The molecule has 2 aromatic carbocycles. The van der Waals surface area contributed by atoms with Crippen LogP contribution in [0.15, 0.2) is 53.4 Å². The highest BCUT2D eigenvalue weighted by molar-refractivity contribution is 7.89. The highest BCUT2D eigenvalue weighted by atomic mass is 32.2. The summed E-state index contributed by atoms with van der Waals surface area (Å²) in [7, 11) is -3.49. The fourth-order valence-electron chi connectivity index (χ4n) is 4.17. The molecule has 0 spiro atoms. The van der Waals surface area contributed by atoms with E-state index in [1.807, 2.05) is 31.2 Å². The highest BCUT2D eigenvalue weighted by Crippen LogP contribution is 2.22. The van der Waals surface area contributed by atoms with E-state index in [4.69, 9.17) is 4.74 Å². The summed E-state index contributed by atoms with van der Waals surface area (Å²) in [6.45, 7) is 6.91. The van der Waals surface area contributed by atoms with E-state index < -0.39 is 10.0 Å². The van der Waals surface area contributed by atoms with Gasteiger partial charge in [0.2, 0.25) is 10.0 Å². The molecule has 2 aromatic rings. The summed E-state index contributed by atoms with van der Waals surface area (Å²) in [6.07, 6.45) is 1.78. The van der Waals surface area contributed by atoms with E-state index in [9.17, 15) is 13.2 Å². The van der Waals surface area contributed by atoms with E-state index in [1.54, 1.807) is 12.1 Å². The Hall–Kier alpha value is -2.26. The zero-order valence-corrected chi connectivity index (χ0v) is 19.3. The van der Waals surface area contributed by atoms with E-state index >= 15 is 0 Å². The van der Waals surface area contributed by atoms with Crippen molar-refractivity contribution in [3.05, 3.63) is 65.2 Å². The number of ether oxygens (including phenoxy) is 1. The Balaban J connectivity index is 1.49. The number of sulfonamides is 1. The molecule has 2 aliphatic heterocycles. The van der Waals surface area contributed by atoms with E-state index in [1.165, 1.54) is 22.0 Å². The molecule has 0 aromatic heterocycles. The first kappa shape index (κ1) is 22.9. The molecule has 4 rings (SSSR count). The quantitative estimate of drug-likeness (QED) is 0.691. The second-order valence-electron chi connectivity index (χ2n) is 8.49. The van der Waals surface area contributed by atoms with E-state index in [0.717, 1.165) is 31.5 Å². The highest BCUT2D eigenvalue weighted by Gasteiger charge is 2.27. The van der Waals surface area contributed by atoms with Crippen LogP contribution >= 0.6 is 0 Å². The first-order chi connectivity index (χ1) is 15.4. The number of carbonyl (C=O) groups is 1. The molecule has 2 aliphatic rings. The van der Waals surface area contributed by atoms with E-state index in [2.05, 4.69) is 10.2 Å². The lowest BCUT2D eigenvalue weighted by Crippen LogP contribution is -2.43. The van der Waals surface area contributed by atoms with Gasteiger partial charge in [0.15, 0.2) is 0 Å². The summed E-state index contributed by atoms with van der Waals surface area (Å²) in [6, 6.07) is 14.3. The van der Waals surface area contributed by atoms with Crippen LogP contribution in [0.25, 0.3) is 0 Å². The predicted molar refractivity (Wildman–Crippen MR) is 123 cm³/mol. The molecule has 0 aliphatic carbocycles. The van der Waals surface area contributed by atoms with Gasteiger partial charge in [-0.1, -0.05) is 29.8 Å². The summed E-state index contributed by atoms with van der Waals surface area (Å²) >= 11 is 0. The Labute approximate surface area is 190 Å². The van der Waals surface area contributed by atoms with Crippen LogP contribution in [0.1, 0.15) is 40.4 Å². The number of morpholine rings is 1. The molecular formula is C24H31N3O4S. The van der Waals surface area contributed by atoms with Gasteiger partial charge in [0.1, 0.15) is 0 Å². The standard InChI is InChI=1S/C24H31N3O4S/c1-19-4-6-20(7-5-19)23(18-26-14-16-31-17-15-26)25-24(28)21-8-10-22(11-9-21)32(29,30)27-12-2-3-13-27/h4-11,23H,2-3,12-18H2,1H3,(H,25,28)/t23-/m1/s1. The second-order valence-corrected chi connectivity index (χ2v) is 10.4.